The normalized spacial score (nSPS) is 24.6. The standard InChI is InChI=1S/C13H20N2O2/c1-9-5-6-12(17-9)13(16)15-8-10-3-2-4-11(14)7-10/h5-6,10-11H,2-4,7-8,14H2,1H3,(H,15,16). The average molecular weight is 236 g/mol. The molecule has 17 heavy (non-hydrogen) atoms. The second-order valence-corrected chi connectivity index (χ2v) is 4.91. The predicted molar refractivity (Wildman–Crippen MR) is 65.7 cm³/mol. The molecule has 2 rings (SSSR count). The number of nitrogens with two attached hydrogens (primary N) is 1. The van der Waals surface area contributed by atoms with Gasteiger partial charge in [0, 0.05) is 12.6 Å². The van der Waals surface area contributed by atoms with E-state index in [1.165, 1.54) is 6.42 Å². The van der Waals surface area contributed by atoms with E-state index in [1.807, 2.05) is 6.92 Å². The Balaban J connectivity index is 1.80. The van der Waals surface area contributed by atoms with Crippen molar-refractivity contribution in [2.75, 3.05) is 6.54 Å². The van der Waals surface area contributed by atoms with E-state index in [2.05, 4.69) is 5.32 Å². The summed E-state index contributed by atoms with van der Waals surface area (Å²) in [6, 6.07) is 3.81. The highest BCUT2D eigenvalue weighted by atomic mass is 16.3. The van der Waals surface area contributed by atoms with E-state index >= 15 is 0 Å². The molecule has 0 spiro atoms. The topological polar surface area (TPSA) is 68.3 Å². The summed E-state index contributed by atoms with van der Waals surface area (Å²) in [5, 5.41) is 2.91. The minimum absolute atomic E-state index is 0.128. The van der Waals surface area contributed by atoms with E-state index in [-0.39, 0.29) is 5.91 Å². The summed E-state index contributed by atoms with van der Waals surface area (Å²) < 4.78 is 5.27. The van der Waals surface area contributed by atoms with Crippen LogP contribution in [0.4, 0.5) is 0 Å². The lowest BCUT2D eigenvalue weighted by Crippen LogP contribution is -2.35. The van der Waals surface area contributed by atoms with Gasteiger partial charge in [0.25, 0.3) is 5.91 Å². The Hall–Kier alpha value is -1.29. The fourth-order valence-electron chi connectivity index (χ4n) is 2.40. The van der Waals surface area contributed by atoms with Gasteiger partial charge in [-0.15, -0.1) is 0 Å². The van der Waals surface area contributed by atoms with Gasteiger partial charge in [0.2, 0.25) is 0 Å². The molecular weight excluding hydrogens is 216 g/mol. The fourth-order valence-corrected chi connectivity index (χ4v) is 2.40. The van der Waals surface area contributed by atoms with Crippen molar-refractivity contribution in [2.45, 2.75) is 38.6 Å². The van der Waals surface area contributed by atoms with Gasteiger partial charge in [-0.1, -0.05) is 6.42 Å². The van der Waals surface area contributed by atoms with Gasteiger partial charge in [-0.3, -0.25) is 4.79 Å². The van der Waals surface area contributed by atoms with Crippen LogP contribution >= 0.6 is 0 Å². The number of hydrogen-bond donors (Lipinski definition) is 2. The van der Waals surface area contributed by atoms with Crippen molar-refractivity contribution in [2.24, 2.45) is 11.7 Å². The molecule has 2 atom stereocenters. The van der Waals surface area contributed by atoms with Crippen LogP contribution in [0, 0.1) is 12.8 Å². The smallest absolute Gasteiger partial charge is 0.287 e. The molecule has 1 heterocycles. The zero-order valence-electron chi connectivity index (χ0n) is 10.2. The minimum Gasteiger partial charge on any atom is -0.456 e. The number of carbonyl (C=O) groups is 1. The van der Waals surface area contributed by atoms with E-state index in [0.29, 0.717) is 24.3 Å². The number of aryl methyl sites for hydroxylation is 1. The Morgan fingerprint density at radius 1 is 1.53 bits per heavy atom. The molecule has 0 radical (unpaired) electrons. The van der Waals surface area contributed by atoms with E-state index in [0.717, 1.165) is 25.0 Å². The summed E-state index contributed by atoms with van der Waals surface area (Å²) in [6.45, 7) is 2.53. The molecule has 1 aliphatic carbocycles. The molecule has 94 valence electrons. The SMILES string of the molecule is Cc1ccc(C(=O)NCC2CCCC(N)C2)o1. The lowest BCUT2D eigenvalue weighted by molar-refractivity contribution is 0.0913. The van der Waals surface area contributed by atoms with Gasteiger partial charge in [-0.05, 0) is 44.2 Å². The predicted octanol–water partition coefficient (Wildman–Crippen LogP) is 1.84. The second kappa shape index (κ2) is 5.36. The molecule has 4 heteroatoms. The molecule has 0 bridgehead atoms. The summed E-state index contributed by atoms with van der Waals surface area (Å²) in [5.41, 5.74) is 5.91. The van der Waals surface area contributed by atoms with Crippen molar-refractivity contribution in [3.8, 4) is 0 Å². The third kappa shape index (κ3) is 3.33. The van der Waals surface area contributed by atoms with E-state index in [1.54, 1.807) is 12.1 Å². The van der Waals surface area contributed by atoms with Crippen LogP contribution in [0.5, 0.6) is 0 Å². The van der Waals surface area contributed by atoms with Gasteiger partial charge < -0.3 is 15.5 Å². The number of hydrogen-bond acceptors (Lipinski definition) is 3. The van der Waals surface area contributed by atoms with Crippen LogP contribution in [-0.4, -0.2) is 18.5 Å². The van der Waals surface area contributed by atoms with Gasteiger partial charge in [0.15, 0.2) is 5.76 Å². The number of nitrogens with one attached hydrogen (secondary N) is 1. The van der Waals surface area contributed by atoms with Gasteiger partial charge in [0.05, 0.1) is 0 Å². The lowest BCUT2D eigenvalue weighted by Gasteiger charge is -2.26. The molecule has 3 N–H and O–H groups in total. The van der Waals surface area contributed by atoms with Crippen molar-refractivity contribution in [3.05, 3.63) is 23.7 Å². The first kappa shape index (κ1) is 12.2. The highest BCUT2D eigenvalue weighted by Gasteiger charge is 2.20. The molecule has 4 nitrogen and oxygen atoms in total. The van der Waals surface area contributed by atoms with E-state index in [4.69, 9.17) is 10.2 Å². The Bertz CT molecular complexity index is 387. The fraction of sp³-hybridized carbons (Fsp3) is 0.615. The van der Waals surface area contributed by atoms with Gasteiger partial charge in [-0.25, -0.2) is 0 Å². The molecule has 1 fully saturated rings. The molecule has 1 aliphatic rings. The Morgan fingerprint density at radius 2 is 2.35 bits per heavy atom. The number of furan rings is 1. The van der Waals surface area contributed by atoms with E-state index < -0.39 is 0 Å². The zero-order valence-corrected chi connectivity index (χ0v) is 10.2. The maximum Gasteiger partial charge on any atom is 0.287 e. The molecule has 1 aromatic heterocycles. The van der Waals surface area contributed by atoms with Crippen LogP contribution in [0.2, 0.25) is 0 Å². The van der Waals surface area contributed by atoms with Crippen molar-refractivity contribution in [1.82, 2.24) is 5.32 Å². The van der Waals surface area contributed by atoms with Crippen LogP contribution in [0.1, 0.15) is 42.0 Å². The molecular formula is C13H20N2O2. The monoisotopic (exact) mass is 236 g/mol. The first-order chi connectivity index (χ1) is 8.15. The average Bonchev–Trinajstić information content (AvgIpc) is 2.73. The number of amides is 1. The Kier molecular flexibility index (Phi) is 3.84. The number of rotatable bonds is 3. The second-order valence-electron chi connectivity index (χ2n) is 4.91. The highest BCUT2D eigenvalue weighted by Crippen LogP contribution is 2.22. The quantitative estimate of drug-likeness (QED) is 0.841. The lowest BCUT2D eigenvalue weighted by atomic mass is 9.86. The first-order valence-corrected chi connectivity index (χ1v) is 6.25. The minimum atomic E-state index is -0.128. The summed E-state index contributed by atoms with van der Waals surface area (Å²) in [4.78, 5) is 11.7. The Labute approximate surface area is 102 Å². The zero-order chi connectivity index (χ0) is 12.3. The summed E-state index contributed by atoms with van der Waals surface area (Å²) in [7, 11) is 0. The summed E-state index contributed by atoms with van der Waals surface area (Å²) in [5.74, 6) is 1.54. The Morgan fingerprint density at radius 3 is 3.00 bits per heavy atom. The maximum absolute atomic E-state index is 11.7. The van der Waals surface area contributed by atoms with E-state index in [9.17, 15) is 4.79 Å². The van der Waals surface area contributed by atoms with Gasteiger partial charge in [0.1, 0.15) is 5.76 Å². The number of carbonyl (C=O) groups excluding carboxylic acids is 1. The molecule has 1 aromatic rings. The first-order valence-electron chi connectivity index (χ1n) is 6.25. The van der Waals surface area contributed by atoms with Crippen molar-refractivity contribution < 1.29 is 9.21 Å². The summed E-state index contributed by atoms with van der Waals surface area (Å²) in [6.07, 6.45) is 4.45. The third-order valence-corrected chi connectivity index (χ3v) is 3.34. The van der Waals surface area contributed by atoms with Crippen LogP contribution < -0.4 is 11.1 Å². The summed E-state index contributed by atoms with van der Waals surface area (Å²) >= 11 is 0. The maximum atomic E-state index is 11.7. The molecule has 0 aliphatic heterocycles. The van der Waals surface area contributed by atoms with Crippen LogP contribution in [0.25, 0.3) is 0 Å². The van der Waals surface area contributed by atoms with Crippen LogP contribution in [0.15, 0.2) is 16.5 Å². The highest BCUT2D eigenvalue weighted by molar-refractivity contribution is 5.91. The largest absolute Gasteiger partial charge is 0.456 e. The van der Waals surface area contributed by atoms with Crippen molar-refractivity contribution >= 4 is 5.91 Å². The van der Waals surface area contributed by atoms with Gasteiger partial charge >= 0.3 is 0 Å². The van der Waals surface area contributed by atoms with Crippen LogP contribution in [0.3, 0.4) is 0 Å². The molecule has 2 unspecified atom stereocenters. The molecule has 1 amide bonds. The molecule has 0 saturated heterocycles. The third-order valence-electron chi connectivity index (χ3n) is 3.34. The molecule has 1 saturated carbocycles. The van der Waals surface area contributed by atoms with Crippen molar-refractivity contribution in [3.63, 3.8) is 0 Å². The van der Waals surface area contributed by atoms with Crippen molar-refractivity contribution in [1.29, 1.82) is 0 Å². The molecule has 0 aromatic carbocycles. The van der Waals surface area contributed by atoms with Crippen LogP contribution in [-0.2, 0) is 0 Å². The van der Waals surface area contributed by atoms with Gasteiger partial charge in [-0.2, -0.15) is 0 Å².